The fourth-order valence-electron chi connectivity index (χ4n) is 2.04. The van der Waals surface area contributed by atoms with Crippen LogP contribution in [0.5, 0.6) is 0 Å². The molecule has 1 aromatic carbocycles. The van der Waals surface area contributed by atoms with Crippen LogP contribution in [0.15, 0.2) is 52.5 Å². The molecule has 0 unspecified atom stereocenters. The maximum absolute atomic E-state index is 11.9. The number of hydrogen-bond donors (Lipinski definition) is 3. The number of aryl methyl sites for hydroxylation is 1. The van der Waals surface area contributed by atoms with Crippen molar-refractivity contribution >= 4 is 34.0 Å². The van der Waals surface area contributed by atoms with Gasteiger partial charge in [-0.2, -0.15) is 0 Å². The monoisotopic (exact) mass is 435 g/mol. The number of amides is 3. The Kier molecular flexibility index (Phi) is 8.32. The van der Waals surface area contributed by atoms with Gasteiger partial charge in [0.2, 0.25) is 10.0 Å². The van der Waals surface area contributed by atoms with E-state index in [0.717, 1.165) is 11.0 Å². The summed E-state index contributed by atoms with van der Waals surface area (Å²) in [6.07, 6.45) is 2.81. The normalized spacial score (nSPS) is 11.2. The van der Waals surface area contributed by atoms with Crippen LogP contribution in [-0.2, 0) is 30.9 Å². The molecule has 11 heteroatoms. The number of nitrogens with one attached hydrogen (secondary N) is 3. The number of furan rings is 1. The summed E-state index contributed by atoms with van der Waals surface area (Å²) >= 11 is 0. The minimum absolute atomic E-state index is 0.0732. The number of benzene rings is 1. The third-order valence-electron chi connectivity index (χ3n) is 3.56. The highest BCUT2D eigenvalue weighted by atomic mass is 32.2. The van der Waals surface area contributed by atoms with Gasteiger partial charge in [0.25, 0.3) is 5.91 Å². The van der Waals surface area contributed by atoms with Gasteiger partial charge < -0.3 is 14.5 Å². The third kappa shape index (κ3) is 8.71. The smallest absolute Gasteiger partial charge is 0.321 e. The Bertz CT molecular complexity index is 997. The van der Waals surface area contributed by atoms with Gasteiger partial charge in [-0.15, -0.1) is 0 Å². The van der Waals surface area contributed by atoms with E-state index in [-0.39, 0.29) is 6.54 Å². The molecule has 1 aromatic heterocycles. The molecule has 3 N–H and O–H groups in total. The average Bonchev–Trinajstić information content (AvgIpc) is 3.23. The molecule has 10 nitrogen and oxygen atoms in total. The van der Waals surface area contributed by atoms with Crippen LogP contribution in [0.4, 0.5) is 4.79 Å². The fourth-order valence-corrected chi connectivity index (χ4v) is 2.79. The van der Waals surface area contributed by atoms with Crippen LogP contribution in [0.3, 0.4) is 0 Å². The van der Waals surface area contributed by atoms with E-state index in [9.17, 15) is 22.8 Å². The van der Waals surface area contributed by atoms with Crippen molar-refractivity contribution in [3.63, 3.8) is 0 Å². The maximum atomic E-state index is 11.9. The summed E-state index contributed by atoms with van der Waals surface area (Å²) < 4.78 is 35.4. The molecule has 3 amide bonds. The molecule has 0 aliphatic heterocycles. The van der Waals surface area contributed by atoms with Crippen molar-refractivity contribution in [2.45, 2.75) is 13.5 Å². The lowest BCUT2D eigenvalue weighted by Gasteiger charge is -2.07. The number of hydrogen-bond acceptors (Lipinski definition) is 7. The third-order valence-corrected chi connectivity index (χ3v) is 4.60. The first kappa shape index (κ1) is 22.8. The van der Waals surface area contributed by atoms with Crippen LogP contribution in [0.1, 0.15) is 16.9 Å². The first-order chi connectivity index (χ1) is 14.2. The van der Waals surface area contributed by atoms with Gasteiger partial charge in [-0.3, -0.25) is 14.9 Å². The standard InChI is InChI=1S/C19H21N3O7S/c1-14-4-6-15(7-5-14)8-10-30(26,27)21-12-18(24)29-13-17(23)22-19(25)20-11-16-3-2-9-28-16/h2-10,21H,11-13H2,1H3,(H2,20,22,23,25)/b10-8+. The van der Waals surface area contributed by atoms with Crippen molar-refractivity contribution in [3.8, 4) is 0 Å². The Balaban J connectivity index is 1.67. The van der Waals surface area contributed by atoms with Gasteiger partial charge in [0.1, 0.15) is 12.3 Å². The molecule has 0 saturated carbocycles. The maximum Gasteiger partial charge on any atom is 0.321 e. The molecule has 1 heterocycles. The molecule has 0 atom stereocenters. The van der Waals surface area contributed by atoms with E-state index in [1.54, 1.807) is 24.3 Å². The molecule has 0 bridgehead atoms. The summed E-state index contributed by atoms with van der Waals surface area (Å²) in [5, 5.41) is 5.25. The van der Waals surface area contributed by atoms with Gasteiger partial charge >= 0.3 is 12.0 Å². The number of imide groups is 1. The van der Waals surface area contributed by atoms with Gasteiger partial charge in [-0.1, -0.05) is 29.8 Å². The molecular formula is C19H21N3O7S. The van der Waals surface area contributed by atoms with Crippen LogP contribution in [0.2, 0.25) is 0 Å². The number of rotatable bonds is 9. The van der Waals surface area contributed by atoms with Crippen LogP contribution in [0, 0.1) is 6.92 Å². The Hall–Kier alpha value is -3.44. The first-order valence-corrected chi connectivity index (χ1v) is 10.3. The highest BCUT2D eigenvalue weighted by molar-refractivity contribution is 7.92. The first-order valence-electron chi connectivity index (χ1n) is 8.73. The number of carbonyl (C=O) groups excluding carboxylic acids is 3. The van der Waals surface area contributed by atoms with E-state index in [2.05, 4.69) is 10.1 Å². The highest BCUT2D eigenvalue weighted by Gasteiger charge is 2.13. The largest absolute Gasteiger partial charge is 0.467 e. The van der Waals surface area contributed by atoms with Gasteiger partial charge in [0.05, 0.1) is 12.8 Å². The molecule has 0 aliphatic carbocycles. The van der Waals surface area contributed by atoms with Gasteiger partial charge in [0, 0.05) is 5.41 Å². The Morgan fingerprint density at radius 2 is 1.87 bits per heavy atom. The van der Waals surface area contributed by atoms with E-state index in [0.29, 0.717) is 11.3 Å². The SMILES string of the molecule is Cc1ccc(/C=C/S(=O)(=O)NCC(=O)OCC(=O)NC(=O)NCc2ccco2)cc1. The zero-order valence-corrected chi connectivity index (χ0v) is 16.9. The summed E-state index contributed by atoms with van der Waals surface area (Å²) in [5.41, 5.74) is 1.71. The Labute approximate surface area is 173 Å². The van der Waals surface area contributed by atoms with E-state index in [1.165, 1.54) is 12.3 Å². The second-order valence-electron chi connectivity index (χ2n) is 6.05. The van der Waals surface area contributed by atoms with Crippen molar-refractivity contribution in [2.24, 2.45) is 0 Å². The molecule has 2 aromatic rings. The van der Waals surface area contributed by atoms with E-state index in [4.69, 9.17) is 4.42 Å². The number of sulfonamides is 1. The van der Waals surface area contributed by atoms with E-state index in [1.807, 2.05) is 29.1 Å². The van der Waals surface area contributed by atoms with Crippen molar-refractivity contribution in [1.29, 1.82) is 0 Å². The lowest BCUT2D eigenvalue weighted by atomic mass is 10.2. The topological polar surface area (TPSA) is 144 Å². The molecule has 2 rings (SSSR count). The molecule has 0 spiro atoms. The predicted molar refractivity (Wildman–Crippen MR) is 107 cm³/mol. The summed E-state index contributed by atoms with van der Waals surface area (Å²) in [4.78, 5) is 34.7. The van der Waals surface area contributed by atoms with Gasteiger partial charge in [-0.25, -0.2) is 17.9 Å². The quantitative estimate of drug-likeness (QED) is 0.499. The van der Waals surface area contributed by atoms with Crippen LogP contribution >= 0.6 is 0 Å². The van der Waals surface area contributed by atoms with E-state index >= 15 is 0 Å². The van der Waals surface area contributed by atoms with Crippen molar-refractivity contribution in [2.75, 3.05) is 13.2 Å². The minimum atomic E-state index is -3.88. The second-order valence-corrected chi connectivity index (χ2v) is 7.70. The minimum Gasteiger partial charge on any atom is -0.467 e. The highest BCUT2D eigenvalue weighted by Crippen LogP contribution is 2.06. The number of esters is 1. The van der Waals surface area contributed by atoms with Gasteiger partial charge in [-0.05, 0) is 30.7 Å². The molecular weight excluding hydrogens is 414 g/mol. The molecule has 0 fully saturated rings. The zero-order chi connectivity index (χ0) is 22.0. The number of urea groups is 1. The summed E-state index contributed by atoms with van der Waals surface area (Å²) in [7, 11) is -3.88. The van der Waals surface area contributed by atoms with Crippen molar-refractivity contribution in [1.82, 2.24) is 15.4 Å². The van der Waals surface area contributed by atoms with Crippen molar-refractivity contribution < 1.29 is 32.0 Å². The molecule has 0 radical (unpaired) electrons. The van der Waals surface area contributed by atoms with E-state index < -0.39 is 41.1 Å². The summed E-state index contributed by atoms with van der Waals surface area (Å²) in [5.74, 6) is -1.36. The number of carbonyl (C=O) groups is 3. The molecule has 0 saturated heterocycles. The van der Waals surface area contributed by atoms with Crippen molar-refractivity contribution in [3.05, 3.63) is 65.0 Å². The zero-order valence-electron chi connectivity index (χ0n) is 16.1. The van der Waals surface area contributed by atoms with Crippen LogP contribution in [-0.4, -0.2) is 39.5 Å². The Morgan fingerprint density at radius 1 is 1.13 bits per heavy atom. The molecule has 160 valence electrons. The molecule has 0 aliphatic rings. The lowest BCUT2D eigenvalue weighted by molar-refractivity contribution is -0.147. The lowest BCUT2D eigenvalue weighted by Crippen LogP contribution is -2.41. The fraction of sp³-hybridized carbons (Fsp3) is 0.211. The number of ether oxygens (including phenoxy) is 1. The Morgan fingerprint density at radius 3 is 2.53 bits per heavy atom. The van der Waals surface area contributed by atoms with Gasteiger partial charge in [0.15, 0.2) is 6.61 Å². The van der Waals surface area contributed by atoms with Crippen LogP contribution < -0.4 is 15.4 Å². The predicted octanol–water partition coefficient (Wildman–Crippen LogP) is 1.05. The summed E-state index contributed by atoms with van der Waals surface area (Å²) in [6.45, 7) is 0.571. The summed E-state index contributed by atoms with van der Waals surface area (Å²) in [6, 6.07) is 9.65. The van der Waals surface area contributed by atoms with Crippen LogP contribution in [0.25, 0.3) is 6.08 Å². The molecule has 30 heavy (non-hydrogen) atoms. The average molecular weight is 435 g/mol. The second kappa shape index (κ2) is 10.9.